The molecule has 2 bridgehead atoms. The predicted octanol–water partition coefficient (Wildman–Crippen LogP) is 5.72. The van der Waals surface area contributed by atoms with Crippen molar-refractivity contribution in [3.05, 3.63) is 66.4 Å². The van der Waals surface area contributed by atoms with Crippen molar-refractivity contribution in [2.24, 2.45) is 0 Å². The van der Waals surface area contributed by atoms with Gasteiger partial charge in [0.05, 0.1) is 17.8 Å². The Balaban J connectivity index is 1.19. The van der Waals surface area contributed by atoms with E-state index < -0.39 is 5.82 Å². The Hall–Kier alpha value is -4.51. The maximum absolute atomic E-state index is 15.7. The number of nitrogens with zero attached hydrogens (tertiary/aromatic N) is 5. The van der Waals surface area contributed by atoms with Crippen LogP contribution in [0.5, 0.6) is 23.3 Å². The van der Waals surface area contributed by atoms with Crippen molar-refractivity contribution in [1.82, 2.24) is 29.9 Å². The highest BCUT2D eigenvalue weighted by Crippen LogP contribution is 2.35. The average molecular weight is 556 g/mol. The van der Waals surface area contributed by atoms with Crippen molar-refractivity contribution in [3.8, 4) is 23.3 Å². The van der Waals surface area contributed by atoms with Crippen molar-refractivity contribution >= 4 is 28.1 Å². The van der Waals surface area contributed by atoms with Crippen LogP contribution in [0.2, 0.25) is 0 Å². The molecule has 2 fully saturated rings. The molecular formula is C30H30FN7O3. The SMILES string of the molecule is CCOc1ccc2c(Nc3ccc(Oc4ccn5ncnc5c4)c(C)c3F)nc(OC3CC4CCC(C3)N4)nc2c1. The van der Waals surface area contributed by atoms with Crippen molar-refractivity contribution in [2.45, 2.75) is 57.7 Å². The summed E-state index contributed by atoms with van der Waals surface area (Å²) in [5, 5.41) is 11.6. The summed E-state index contributed by atoms with van der Waals surface area (Å²) in [4.78, 5) is 13.6. The Morgan fingerprint density at radius 1 is 1.05 bits per heavy atom. The maximum atomic E-state index is 15.7. The summed E-state index contributed by atoms with van der Waals surface area (Å²) in [7, 11) is 0. The molecule has 5 aromatic rings. The molecule has 2 N–H and O–H groups in total. The van der Waals surface area contributed by atoms with E-state index in [1.807, 2.05) is 25.1 Å². The van der Waals surface area contributed by atoms with Gasteiger partial charge in [-0.2, -0.15) is 15.1 Å². The van der Waals surface area contributed by atoms with Crippen molar-refractivity contribution in [1.29, 1.82) is 0 Å². The van der Waals surface area contributed by atoms with Crippen molar-refractivity contribution in [3.63, 3.8) is 0 Å². The number of rotatable bonds is 8. The molecule has 2 atom stereocenters. The molecule has 5 heterocycles. The number of piperidine rings is 1. The summed E-state index contributed by atoms with van der Waals surface area (Å²) in [5.41, 5.74) is 1.91. The van der Waals surface area contributed by atoms with E-state index in [1.54, 1.807) is 41.9 Å². The second-order valence-electron chi connectivity index (χ2n) is 10.5. The highest BCUT2D eigenvalue weighted by atomic mass is 19.1. The minimum Gasteiger partial charge on any atom is -0.494 e. The third-order valence-corrected chi connectivity index (χ3v) is 7.73. The monoisotopic (exact) mass is 555 g/mol. The number of aromatic nitrogens is 5. The van der Waals surface area contributed by atoms with E-state index in [4.69, 9.17) is 24.2 Å². The number of pyridine rings is 1. The van der Waals surface area contributed by atoms with Gasteiger partial charge >= 0.3 is 6.01 Å². The fraction of sp³-hybridized carbons (Fsp3) is 0.333. The van der Waals surface area contributed by atoms with Crippen LogP contribution in [0.25, 0.3) is 16.6 Å². The molecule has 0 amide bonds. The van der Waals surface area contributed by atoms with E-state index in [-0.39, 0.29) is 17.8 Å². The van der Waals surface area contributed by atoms with Gasteiger partial charge < -0.3 is 24.8 Å². The Morgan fingerprint density at radius 2 is 1.90 bits per heavy atom. The number of ether oxygens (including phenoxy) is 3. The molecule has 210 valence electrons. The zero-order valence-electron chi connectivity index (χ0n) is 22.8. The smallest absolute Gasteiger partial charge is 0.319 e. The number of halogens is 1. The Labute approximate surface area is 235 Å². The van der Waals surface area contributed by atoms with E-state index >= 15 is 4.39 Å². The van der Waals surface area contributed by atoms with Crippen LogP contribution in [-0.4, -0.2) is 49.4 Å². The van der Waals surface area contributed by atoms with Crippen LogP contribution in [0.3, 0.4) is 0 Å². The molecule has 2 aliphatic heterocycles. The first-order valence-corrected chi connectivity index (χ1v) is 13.9. The van der Waals surface area contributed by atoms with Crippen LogP contribution in [0.15, 0.2) is 55.0 Å². The quantitative estimate of drug-likeness (QED) is 0.249. The normalized spacial score (nSPS) is 19.9. The summed E-state index contributed by atoms with van der Waals surface area (Å²) in [6.45, 7) is 4.15. The van der Waals surface area contributed by atoms with E-state index in [0.29, 0.717) is 58.5 Å². The third kappa shape index (κ3) is 5.08. The lowest BCUT2D eigenvalue weighted by molar-refractivity contribution is 0.126. The fourth-order valence-electron chi connectivity index (χ4n) is 5.73. The molecule has 2 saturated heterocycles. The molecule has 11 heteroatoms. The molecule has 41 heavy (non-hydrogen) atoms. The van der Waals surface area contributed by atoms with Gasteiger partial charge in [-0.05, 0) is 69.9 Å². The highest BCUT2D eigenvalue weighted by Gasteiger charge is 2.35. The second kappa shape index (κ2) is 10.5. The van der Waals surface area contributed by atoms with Crippen molar-refractivity contribution in [2.75, 3.05) is 11.9 Å². The Morgan fingerprint density at radius 3 is 2.73 bits per heavy atom. The van der Waals surface area contributed by atoms with E-state index in [2.05, 4.69) is 20.7 Å². The number of hydrogen-bond acceptors (Lipinski definition) is 9. The zero-order valence-corrected chi connectivity index (χ0v) is 22.8. The van der Waals surface area contributed by atoms with Crippen molar-refractivity contribution < 1.29 is 18.6 Å². The summed E-state index contributed by atoms with van der Waals surface area (Å²) >= 11 is 0. The fourth-order valence-corrected chi connectivity index (χ4v) is 5.73. The van der Waals surface area contributed by atoms with Crippen LogP contribution < -0.4 is 24.8 Å². The van der Waals surface area contributed by atoms with Gasteiger partial charge in [0.15, 0.2) is 11.5 Å². The number of nitrogens with one attached hydrogen (secondary N) is 2. The van der Waals surface area contributed by atoms with Crippen LogP contribution in [0, 0.1) is 12.7 Å². The molecule has 3 aromatic heterocycles. The van der Waals surface area contributed by atoms with Gasteiger partial charge in [-0.3, -0.25) is 0 Å². The van der Waals surface area contributed by atoms with Gasteiger partial charge in [0.25, 0.3) is 0 Å². The first-order chi connectivity index (χ1) is 20.0. The Bertz CT molecular complexity index is 1730. The third-order valence-electron chi connectivity index (χ3n) is 7.73. The molecule has 0 saturated carbocycles. The van der Waals surface area contributed by atoms with Gasteiger partial charge in [-0.25, -0.2) is 13.9 Å². The highest BCUT2D eigenvalue weighted by molar-refractivity contribution is 5.92. The van der Waals surface area contributed by atoms with E-state index in [9.17, 15) is 0 Å². The van der Waals surface area contributed by atoms with Crippen LogP contribution in [0.4, 0.5) is 15.9 Å². The van der Waals surface area contributed by atoms with Gasteiger partial charge in [0, 0.05) is 41.4 Å². The maximum Gasteiger partial charge on any atom is 0.319 e. The van der Waals surface area contributed by atoms with Crippen LogP contribution in [-0.2, 0) is 0 Å². The summed E-state index contributed by atoms with van der Waals surface area (Å²) in [6, 6.07) is 13.7. The van der Waals surface area contributed by atoms with Crippen LogP contribution >= 0.6 is 0 Å². The largest absolute Gasteiger partial charge is 0.494 e. The van der Waals surface area contributed by atoms with Gasteiger partial charge in [-0.1, -0.05) is 0 Å². The molecule has 0 radical (unpaired) electrons. The molecule has 2 unspecified atom stereocenters. The molecule has 2 aliphatic rings. The Kier molecular flexibility index (Phi) is 6.50. The lowest BCUT2D eigenvalue weighted by Crippen LogP contribution is -2.42. The molecule has 0 aliphatic carbocycles. The van der Waals surface area contributed by atoms with Gasteiger partial charge in [0.1, 0.15) is 35.5 Å². The molecule has 7 rings (SSSR count). The molecular weight excluding hydrogens is 525 g/mol. The first kappa shape index (κ1) is 25.5. The number of anilines is 2. The van der Waals surface area contributed by atoms with Gasteiger partial charge in [0.2, 0.25) is 0 Å². The topological polar surface area (TPSA) is 108 Å². The minimum absolute atomic E-state index is 0.0292. The second-order valence-corrected chi connectivity index (χ2v) is 10.5. The lowest BCUT2D eigenvalue weighted by Gasteiger charge is -2.28. The number of hydrogen-bond donors (Lipinski definition) is 2. The van der Waals surface area contributed by atoms with Gasteiger partial charge in [-0.15, -0.1) is 0 Å². The van der Waals surface area contributed by atoms with E-state index in [1.165, 1.54) is 19.2 Å². The first-order valence-electron chi connectivity index (χ1n) is 13.9. The minimum atomic E-state index is -0.443. The zero-order chi connectivity index (χ0) is 27.9. The molecule has 0 spiro atoms. The summed E-state index contributed by atoms with van der Waals surface area (Å²) in [6.07, 6.45) is 7.40. The summed E-state index contributed by atoms with van der Waals surface area (Å²) in [5.74, 6) is 1.64. The van der Waals surface area contributed by atoms with Crippen LogP contribution in [0.1, 0.15) is 38.2 Å². The summed E-state index contributed by atoms with van der Waals surface area (Å²) < 4.78 is 35.4. The molecule has 2 aromatic carbocycles. The predicted molar refractivity (Wildman–Crippen MR) is 152 cm³/mol. The molecule has 10 nitrogen and oxygen atoms in total. The number of fused-ring (bicyclic) bond motifs is 4. The van der Waals surface area contributed by atoms with E-state index in [0.717, 1.165) is 18.2 Å². The number of benzene rings is 2. The standard InChI is InChI=1S/C30H30FN7O3/c1-3-39-20-6-7-23-25(14-20)36-30(41-22-12-18-4-5-19(13-22)34-18)37-29(23)35-24-8-9-26(17(2)28(24)31)40-21-10-11-38-27(15-21)32-16-33-38/h6-11,14-16,18-19,22,34H,3-5,12-13H2,1-2H3,(H,35,36,37). The lowest BCUT2D eigenvalue weighted by atomic mass is 10.0. The average Bonchev–Trinajstić information content (AvgIpc) is 3.57.